The van der Waals surface area contributed by atoms with Gasteiger partial charge in [0.1, 0.15) is 5.60 Å². The molecule has 1 aromatic rings. The van der Waals surface area contributed by atoms with E-state index < -0.39 is 11.7 Å². The van der Waals surface area contributed by atoms with Crippen LogP contribution in [0.1, 0.15) is 47.0 Å². The van der Waals surface area contributed by atoms with Crippen LogP contribution < -0.4 is 10.6 Å². The largest absolute Gasteiger partial charge is 0.444 e. The average molecular weight is 276 g/mol. The van der Waals surface area contributed by atoms with Gasteiger partial charge in [-0.1, -0.05) is 6.07 Å². The summed E-state index contributed by atoms with van der Waals surface area (Å²) in [4.78, 5) is 11.7. The highest BCUT2D eigenvalue weighted by molar-refractivity contribution is 5.85. The van der Waals surface area contributed by atoms with Crippen molar-refractivity contribution >= 4 is 17.5 Å². The molecule has 1 amide bonds. The van der Waals surface area contributed by atoms with Gasteiger partial charge >= 0.3 is 6.09 Å². The molecule has 1 fully saturated rings. The lowest BCUT2D eigenvalue weighted by Gasteiger charge is -2.40. The highest BCUT2D eigenvalue weighted by atomic mass is 16.6. The molecule has 0 atom stereocenters. The quantitative estimate of drug-likeness (QED) is 0.861. The first-order valence-electron chi connectivity index (χ1n) is 7.14. The Hall–Kier alpha value is -1.71. The second-order valence-corrected chi connectivity index (χ2v) is 6.75. The van der Waals surface area contributed by atoms with Crippen LogP contribution in [0.5, 0.6) is 0 Å². The Bertz CT molecular complexity index is 487. The van der Waals surface area contributed by atoms with E-state index in [1.54, 1.807) is 0 Å². The van der Waals surface area contributed by atoms with Gasteiger partial charge in [0.15, 0.2) is 0 Å². The second-order valence-electron chi connectivity index (χ2n) is 6.75. The first kappa shape index (κ1) is 14.7. The Morgan fingerprint density at radius 1 is 1.25 bits per heavy atom. The molecule has 0 radical (unpaired) electrons. The van der Waals surface area contributed by atoms with Gasteiger partial charge in [-0.15, -0.1) is 0 Å². The van der Waals surface area contributed by atoms with Gasteiger partial charge < -0.3 is 10.1 Å². The third-order valence-corrected chi connectivity index (χ3v) is 3.41. The minimum atomic E-state index is -0.487. The van der Waals surface area contributed by atoms with Crippen LogP contribution in [0.4, 0.5) is 16.2 Å². The maximum absolute atomic E-state index is 11.7. The van der Waals surface area contributed by atoms with Gasteiger partial charge in [-0.25, -0.2) is 4.79 Å². The van der Waals surface area contributed by atoms with E-state index in [0.29, 0.717) is 0 Å². The minimum absolute atomic E-state index is 0.199. The molecule has 1 aliphatic carbocycles. The Labute approximate surface area is 120 Å². The van der Waals surface area contributed by atoms with Crippen molar-refractivity contribution in [3.8, 4) is 0 Å². The fourth-order valence-corrected chi connectivity index (χ4v) is 2.28. The van der Waals surface area contributed by atoms with E-state index in [1.807, 2.05) is 45.0 Å². The molecule has 0 aromatic heterocycles. The lowest BCUT2D eigenvalue weighted by Crippen LogP contribution is -2.41. The first-order chi connectivity index (χ1) is 9.26. The van der Waals surface area contributed by atoms with Crippen LogP contribution in [0.25, 0.3) is 0 Å². The molecule has 0 heterocycles. The van der Waals surface area contributed by atoms with E-state index in [2.05, 4.69) is 17.6 Å². The zero-order valence-electron chi connectivity index (χ0n) is 12.7. The fourth-order valence-electron chi connectivity index (χ4n) is 2.28. The molecule has 2 N–H and O–H groups in total. The second kappa shape index (κ2) is 5.35. The van der Waals surface area contributed by atoms with E-state index >= 15 is 0 Å². The molecule has 4 nitrogen and oxygen atoms in total. The number of carbonyl (C=O) groups is 1. The molecule has 1 aromatic carbocycles. The molecule has 0 unspecified atom stereocenters. The molecule has 0 saturated heterocycles. The van der Waals surface area contributed by atoms with E-state index in [-0.39, 0.29) is 5.54 Å². The number of anilines is 2. The van der Waals surface area contributed by atoms with E-state index in [1.165, 1.54) is 19.3 Å². The third-order valence-electron chi connectivity index (χ3n) is 3.41. The molecule has 2 rings (SSSR count). The van der Waals surface area contributed by atoms with Crippen molar-refractivity contribution in [3.63, 3.8) is 0 Å². The summed E-state index contributed by atoms with van der Waals surface area (Å²) in [5.74, 6) is 0. The predicted molar refractivity (Wildman–Crippen MR) is 82.2 cm³/mol. The Balaban J connectivity index is 1.97. The summed E-state index contributed by atoms with van der Waals surface area (Å²) in [7, 11) is 0. The van der Waals surface area contributed by atoms with E-state index in [9.17, 15) is 4.79 Å². The fraction of sp³-hybridized carbons (Fsp3) is 0.562. The van der Waals surface area contributed by atoms with Crippen LogP contribution in [-0.2, 0) is 4.74 Å². The molecular formula is C16H24N2O2. The number of carbonyl (C=O) groups excluding carboxylic acids is 1. The van der Waals surface area contributed by atoms with E-state index in [4.69, 9.17) is 4.74 Å². The van der Waals surface area contributed by atoms with Crippen LogP contribution in [0.2, 0.25) is 0 Å². The van der Waals surface area contributed by atoms with Crippen molar-refractivity contribution in [2.45, 2.75) is 58.1 Å². The molecule has 0 spiro atoms. The SMILES string of the molecule is CC1(Nc2cccc(NC(=O)OC(C)(C)C)c2)CCC1. The third kappa shape index (κ3) is 4.15. The van der Waals surface area contributed by atoms with Crippen molar-refractivity contribution in [2.24, 2.45) is 0 Å². The lowest BCUT2D eigenvalue weighted by molar-refractivity contribution is 0.0636. The molecule has 0 aliphatic heterocycles. The Morgan fingerprint density at radius 3 is 2.45 bits per heavy atom. The first-order valence-corrected chi connectivity index (χ1v) is 7.14. The number of hydrogen-bond acceptors (Lipinski definition) is 3. The molecule has 110 valence electrons. The van der Waals surface area contributed by atoms with E-state index in [0.717, 1.165) is 11.4 Å². The minimum Gasteiger partial charge on any atom is -0.444 e. The van der Waals surface area contributed by atoms with Gasteiger partial charge in [0.05, 0.1) is 0 Å². The van der Waals surface area contributed by atoms with Crippen molar-refractivity contribution in [1.82, 2.24) is 0 Å². The Kier molecular flexibility index (Phi) is 3.93. The van der Waals surface area contributed by atoms with Crippen LogP contribution >= 0.6 is 0 Å². The summed E-state index contributed by atoms with van der Waals surface area (Å²) in [6.45, 7) is 7.77. The number of benzene rings is 1. The zero-order valence-corrected chi connectivity index (χ0v) is 12.7. The van der Waals surface area contributed by atoms with Crippen molar-refractivity contribution < 1.29 is 9.53 Å². The molecule has 1 aliphatic rings. The van der Waals surface area contributed by atoms with Gasteiger partial charge in [-0.3, -0.25) is 5.32 Å². The van der Waals surface area contributed by atoms with Crippen molar-refractivity contribution in [2.75, 3.05) is 10.6 Å². The summed E-state index contributed by atoms with van der Waals surface area (Å²) < 4.78 is 5.24. The maximum atomic E-state index is 11.7. The highest BCUT2D eigenvalue weighted by Crippen LogP contribution is 2.35. The number of ether oxygens (including phenoxy) is 1. The monoisotopic (exact) mass is 276 g/mol. The van der Waals surface area contributed by atoms with Crippen LogP contribution in [0, 0.1) is 0 Å². The topological polar surface area (TPSA) is 50.4 Å². The summed E-state index contributed by atoms with van der Waals surface area (Å²) in [6, 6.07) is 7.74. The number of amides is 1. The number of hydrogen-bond donors (Lipinski definition) is 2. The van der Waals surface area contributed by atoms with Crippen LogP contribution in [0.15, 0.2) is 24.3 Å². The number of rotatable bonds is 3. The molecule has 1 saturated carbocycles. The molecule has 0 bridgehead atoms. The maximum Gasteiger partial charge on any atom is 0.412 e. The predicted octanol–water partition coefficient (Wildman–Crippen LogP) is 4.39. The van der Waals surface area contributed by atoms with Gasteiger partial charge in [-0.05, 0) is 65.2 Å². The lowest BCUT2D eigenvalue weighted by atomic mass is 9.78. The molecule has 4 heteroatoms. The summed E-state index contributed by atoms with van der Waals surface area (Å²) in [5, 5.41) is 6.28. The standard InChI is InChI=1S/C16H24N2O2/c1-15(2,3)20-14(19)17-12-7-5-8-13(11-12)18-16(4)9-6-10-16/h5,7-8,11,18H,6,9-10H2,1-4H3,(H,17,19). The average Bonchev–Trinajstić information content (AvgIpc) is 2.24. The molecule has 20 heavy (non-hydrogen) atoms. The van der Waals surface area contributed by atoms with Crippen molar-refractivity contribution in [3.05, 3.63) is 24.3 Å². The number of nitrogens with one attached hydrogen (secondary N) is 2. The smallest absolute Gasteiger partial charge is 0.412 e. The normalized spacial score (nSPS) is 17.0. The zero-order chi connectivity index (χ0) is 14.8. The van der Waals surface area contributed by atoms with Crippen LogP contribution in [-0.4, -0.2) is 17.2 Å². The van der Waals surface area contributed by atoms with Crippen LogP contribution in [0.3, 0.4) is 0 Å². The highest BCUT2D eigenvalue weighted by Gasteiger charge is 2.31. The summed E-state index contributed by atoms with van der Waals surface area (Å²) >= 11 is 0. The summed E-state index contributed by atoms with van der Waals surface area (Å²) in [5.41, 5.74) is 1.48. The van der Waals surface area contributed by atoms with Gasteiger partial charge in [-0.2, -0.15) is 0 Å². The Morgan fingerprint density at radius 2 is 1.90 bits per heavy atom. The molecular weight excluding hydrogens is 252 g/mol. The van der Waals surface area contributed by atoms with Crippen molar-refractivity contribution in [1.29, 1.82) is 0 Å². The summed E-state index contributed by atoms with van der Waals surface area (Å²) in [6.07, 6.45) is 3.23. The van der Waals surface area contributed by atoms with Gasteiger partial charge in [0.2, 0.25) is 0 Å². The van der Waals surface area contributed by atoms with Gasteiger partial charge in [0, 0.05) is 16.9 Å². The van der Waals surface area contributed by atoms with Gasteiger partial charge in [0.25, 0.3) is 0 Å².